The molecule has 1 spiro atoms. The van der Waals surface area contributed by atoms with Crippen molar-refractivity contribution < 1.29 is 9.90 Å². The number of thiophene rings is 1. The highest BCUT2D eigenvalue weighted by Gasteiger charge is 2.47. The van der Waals surface area contributed by atoms with Crippen molar-refractivity contribution in [1.29, 1.82) is 0 Å². The van der Waals surface area contributed by atoms with E-state index >= 15 is 0 Å². The molecule has 132 valence electrons. The molecule has 1 aliphatic carbocycles. The summed E-state index contributed by atoms with van der Waals surface area (Å²) < 4.78 is 0. The normalized spacial score (nSPS) is 22.0. The highest BCUT2D eigenvalue weighted by molar-refractivity contribution is 7.09. The van der Waals surface area contributed by atoms with Crippen LogP contribution in [-0.2, 0) is 23.2 Å². The van der Waals surface area contributed by atoms with E-state index in [2.05, 4.69) is 34.5 Å². The Hall–Kier alpha value is -1.69. The van der Waals surface area contributed by atoms with E-state index < -0.39 is 0 Å². The fourth-order valence-electron chi connectivity index (χ4n) is 4.34. The van der Waals surface area contributed by atoms with E-state index in [1.165, 1.54) is 16.0 Å². The second-order valence-corrected chi connectivity index (χ2v) is 8.20. The lowest BCUT2D eigenvalue weighted by Gasteiger charge is -2.42. The van der Waals surface area contributed by atoms with E-state index in [1.807, 2.05) is 17.5 Å². The molecule has 4 nitrogen and oxygen atoms in total. The van der Waals surface area contributed by atoms with E-state index in [9.17, 15) is 9.90 Å². The highest BCUT2D eigenvalue weighted by atomic mass is 32.1. The molecule has 1 amide bonds. The van der Waals surface area contributed by atoms with Crippen LogP contribution in [0, 0.1) is 0 Å². The molecule has 2 aliphatic rings. The molecule has 2 aromatic rings. The number of amides is 1. The molecule has 5 heteroatoms. The van der Waals surface area contributed by atoms with Crippen LogP contribution in [0.15, 0.2) is 41.8 Å². The molecule has 1 aliphatic heterocycles. The zero-order valence-electron chi connectivity index (χ0n) is 14.3. The number of nitrogens with one attached hydrogen (secondary N) is 1. The minimum atomic E-state index is -0.292. The van der Waals surface area contributed by atoms with E-state index in [1.54, 1.807) is 11.3 Å². The average Bonchev–Trinajstić information content (AvgIpc) is 3.23. The molecule has 2 N–H and O–H groups in total. The second kappa shape index (κ2) is 6.90. The summed E-state index contributed by atoms with van der Waals surface area (Å²) in [6.07, 6.45) is 2.31. The molecule has 0 bridgehead atoms. The molecule has 1 aromatic heterocycles. The lowest BCUT2D eigenvalue weighted by Crippen LogP contribution is -2.49. The van der Waals surface area contributed by atoms with Gasteiger partial charge in [-0.1, -0.05) is 30.3 Å². The van der Waals surface area contributed by atoms with Gasteiger partial charge in [-0.25, -0.2) is 0 Å². The van der Waals surface area contributed by atoms with Crippen LogP contribution in [0.5, 0.6) is 0 Å². The van der Waals surface area contributed by atoms with Crippen molar-refractivity contribution >= 4 is 17.2 Å². The summed E-state index contributed by atoms with van der Waals surface area (Å²) in [5, 5.41) is 15.7. The number of aliphatic hydroxyl groups is 1. The first kappa shape index (κ1) is 16.8. The van der Waals surface area contributed by atoms with Gasteiger partial charge in [0, 0.05) is 10.3 Å². The Morgan fingerprint density at radius 3 is 2.80 bits per heavy atom. The Labute approximate surface area is 152 Å². The number of rotatable bonds is 4. The van der Waals surface area contributed by atoms with Gasteiger partial charge >= 0.3 is 0 Å². The van der Waals surface area contributed by atoms with E-state index in [0.29, 0.717) is 13.1 Å². The van der Waals surface area contributed by atoms with Crippen molar-refractivity contribution in [1.82, 2.24) is 10.2 Å². The van der Waals surface area contributed by atoms with Crippen LogP contribution in [0.25, 0.3) is 0 Å². The predicted octanol–water partition coefficient (Wildman–Crippen LogP) is 2.32. The van der Waals surface area contributed by atoms with Crippen LogP contribution in [0.1, 0.15) is 28.8 Å². The molecule has 4 rings (SSSR count). The SMILES string of the molecule is O=C(CN1CCC2(CC1)c1ccccc1CC2O)NCc1cccs1. The van der Waals surface area contributed by atoms with Gasteiger partial charge in [-0.15, -0.1) is 11.3 Å². The number of benzene rings is 1. The van der Waals surface area contributed by atoms with Crippen LogP contribution >= 0.6 is 11.3 Å². The zero-order chi connectivity index (χ0) is 17.3. The van der Waals surface area contributed by atoms with Gasteiger partial charge in [-0.3, -0.25) is 9.69 Å². The molecule has 1 saturated heterocycles. The topological polar surface area (TPSA) is 52.6 Å². The van der Waals surface area contributed by atoms with Crippen LogP contribution in [-0.4, -0.2) is 41.7 Å². The van der Waals surface area contributed by atoms with Gasteiger partial charge in [-0.2, -0.15) is 0 Å². The lowest BCUT2D eigenvalue weighted by molar-refractivity contribution is -0.123. The van der Waals surface area contributed by atoms with E-state index in [0.717, 1.165) is 32.4 Å². The first-order valence-electron chi connectivity index (χ1n) is 8.95. The van der Waals surface area contributed by atoms with Crippen molar-refractivity contribution in [3.05, 3.63) is 57.8 Å². The second-order valence-electron chi connectivity index (χ2n) is 7.17. The number of carbonyl (C=O) groups excluding carboxylic acids is 1. The molecule has 2 heterocycles. The van der Waals surface area contributed by atoms with E-state index in [-0.39, 0.29) is 17.4 Å². The average molecular weight is 356 g/mol. The third-order valence-corrected chi connectivity index (χ3v) is 6.64. The summed E-state index contributed by atoms with van der Waals surface area (Å²) >= 11 is 1.66. The largest absolute Gasteiger partial charge is 0.392 e. The summed E-state index contributed by atoms with van der Waals surface area (Å²) in [5.41, 5.74) is 2.50. The molecular formula is C20H24N2O2S. The van der Waals surface area contributed by atoms with Crippen molar-refractivity contribution in [2.24, 2.45) is 0 Å². The van der Waals surface area contributed by atoms with Gasteiger partial charge in [0.2, 0.25) is 5.91 Å². The smallest absolute Gasteiger partial charge is 0.234 e. The quantitative estimate of drug-likeness (QED) is 0.884. The first-order chi connectivity index (χ1) is 12.2. The summed E-state index contributed by atoms with van der Waals surface area (Å²) in [6, 6.07) is 12.5. The first-order valence-corrected chi connectivity index (χ1v) is 9.83. The summed E-state index contributed by atoms with van der Waals surface area (Å²) in [5.74, 6) is 0.0803. The number of hydrogen-bond donors (Lipinski definition) is 2. The van der Waals surface area contributed by atoms with E-state index in [4.69, 9.17) is 0 Å². The number of fused-ring (bicyclic) bond motifs is 2. The summed E-state index contributed by atoms with van der Waals surface area (Å²) in [7, 11) is 0. The molecular weight excluding hydrogens is 332 g/mol. The van der Waals surface area contributed by atoms with Crippen LogP contribution in [0.3, 0.4) is 0 Å². The monoisotopic (exact) mass is 356 g/mol. The Morgan fingerprint density at radius 2 is 2.04 bits per heavy atom. The number of piperidine rings is 1. The van der Waals surface area contributed by atoms with Crippen molar-refractivity contribution in [2.75, 3.05) is 19.6 Å². The van der Waals surface area contributed by atoms with Gasteiger partial charge in [0.15, 0.2) is 0 Å². The number of hydrogen-bond acceptors (Lipinski definition) is 4. The predicted molar refractivity (Wildman–Crippen MR) is 99.7 cm³/mol. The van der Waals surface area contributed by atoms with Crippen LogP contribution in [0.2, 0.25) is 0 Å². The van der Waals surface area contributed by atoms with Crippen molar-refractivity contribution in [3.63, 3.8) is 0 Å². The van der Waals surface area contributed by atoms with Gasteiger partial charge in [0.25, 0.3) is 0 Å². The maximum atomic E-state index is 12.2. The lowest BCUT2D eigenvalue weighted by atomic mass is 9.72. The third kappa shape index (κ3) is 3.24. The fraction of sp³-hybridized carbons (Fsp3) is 0.450. The molecule has 0 saturated carbocycles. The zero-order valence-corrected chi connectivity index (χ0v) is 15.1. The Balaban J connectivity index is 1.33. The number of carbonyl (C=O) groups is 1. The maximum Gasteiger partial charge on any atom is 0.234 e. The number of likely N-dealkylation sites (tertiary alicyclic amines) is 1. The molecule has 0 radical (unpaired) electrons. The molecule has 1 aromatic carbocycles. The van der Waals surface area contributed by atoms with Gasteiger partial charge in [-0.05, 0) is 54.9 Å². The Kier molecular flexibility index (Phi) is 4.63. The standard InChI is InChI=1S/C20H24N2O2S/c23-18-12-15-4-1-2-6-17(15)20(18)7-9-22(10-8-20)14-19(24)21-13-16-5-3-11-25-16/h1-6,11,18,23H,7-10,12-14H2,(H,21,24). The molecule has 1 atom stereocenters. The van der Waals surface area contributed by atoms with Crippen molar-refractivity contribution in [2.45, 2.75) is 37.3 Å². The molecule has 1 fully saturated rings. The van der Waals surface area contributed by atoms with Crippen molar-refractivity contribution in [3.8, 4) is 0 Å². The van der Waals surface area contributed by atoms with Crippen LogP contribution < -0.4 is 5.32 Å². The Bertz CT molecular complexity index is 736. The summed E-state index contributed by atoms with van der Waals surface area (Å²) in [4.78, 5) is 15.6. The van der Waals surface area contributed by atoms with Gasteiger partial charge in [0.05, 0.1) is 19.2 Å². The highest BCUT2D eigenvalue weighted by Crippen LogP contribution is 2.46. The summed E-state index contributed by atoms with van der Waals surface area (Å²) in [6.45, 7) is 2.77. The fourth-order valence-corrected chi connectivity index (χ4v) is 4.98. The number of aliphatic hydroxyl groups excluding tert-OH is 1. The Morgan fingerprint density at radius 1 is 1.24 bits per heavy atom. The molecule has 25 heavy (non-hydrogen) atoms. The minimum Gasteiger partial charge on any atom is -0.392 e. The van der Waals surface area contributed by atoms with Crippen LogP contribution in [0.4, 0.5) is 0 Å². The molecule has 1 unspecified atom stereocenters. The maximum absolute atomic E-state index is 12.2. The number of nitrogens with zero attached hydrogens (tertiary/aromatic N) is 1. The van der Waals surface area contributed by atoms with Gasteiger partial charge in [0.1, 0.15) is 0 Å². The minimum absolute atomic E-state index is 0.0803. The van der Waals surface area contributed by atoms with Gasteiger partial charge < -0.3 is 10.4 Å². The third-order valence-electron chi connectivity index (χ3n) is 5.76.